The van der Waals surface area contributed by atoms with Crippen molar-refractivity contribution in [2.45, 2.75) is 13.5 Å². The first kappa shape index (κ1) is 13.4. The number of aromatic nitrogens is 3. The van der Waals surface area contributed by atoms with Crippen molar-refractivity contribution < 1.29 is 4.74 Å². The summed E-state index contributed by atoms with van der Waals surface area (Å²) in [6.45, 7) is 3.24. The van der Waals surface area contributed by atoms with Gasteiger partial charge < -0.3 is 10.1 Å². The Bertz CT molecular complexity index is 491. The highest BCUT2D eigenvalue weighted by molar-refractivity contribution is 9.10. The Morgan fingerprint density at radius 1 is 1.44 bits per heavy atom. The first-order valence-corrected chi connectivity index (χ1v) is 7.17. The van der Waals surface area contributed by atoms with Crippen molar-refractivity contribution in [1.82, 2.24) is 15.0 Å². The standard InChI is InChI=1S/C11H13BrN4OS/c1-3-13-11-9(12)7(4-17-2)15-10(16-11)8-5-18-6-14-8/h5-6H,3-4H2,1-2H3,(H,13,15,16). The maximum Gasteiger partial charge on any atom is 0.181 e. The van der Waals surface area contributed by atoms with Crippen LogP contribution in [0, 0.1) is 0 Å². The Kier molecular flexibility index (Phi) is 4.62. The summed E-state index contributed by atoms with van der Waals surface area (Å²) in [6.07, 6.45) is 0. The smallest absolute Gasteiger partial charge is 0.181 e. The van der Waals surface area contributed by atoms with Gasteiger partial charge in [-0.2, -0.15) is 0 Å². The first-order valence-electron chi connectivity index (χ1n) is 5.44. The van der Waals surface area contributed by atoms with Crippen molar-refractivity contribution in [3.05, 3.63) is 21.1 Å². The molecule has 2 rings (SSSR count). The van der Waals surface area contributed by atoms with E-state index in [1.165, 1.54) is 11.3 Å². The molecule has 18 heavy (non-hydrogen) atoms. The van der Waals surface area contributed by atoms with Gasteiger partial charge in [-0.25, -0.2) is 15.0 Å². The molecule has 0 saturated carbocycles. The molecule has 2 heterocycles. The Morgan fingerprint density at radius 2 is 2.28 bits per heavy atom. The lowest BCUT2D eigenvalue weighted by Gasteiger charge is -2.10. The lowest BCUT2D eigenvalue weighted by Crippen LogP contribution is -2.07. The fraction of sp³-hybridized carbons (Fsp3) is 0.364. The van der Waals surface area contributed by atoms with Crippen molar-refractivity contribution in [2.75, 3.05) is 19.0 Å². The number of rotatable bonds is 5. The van der Waals surface area contributed by atoms with Crippen molar-refractivity contribution in [3.8, 4) is 11.5 Å². The Labute approximate surface area is 118 Å². The van der Waals surface area contributed by atoms with E-state index >= 15 is 0 Å². The van der Waals surface area contributed by atoms with Crippen molar-refractivity contribution in [3.63, 3.8) is 0 Å². The highest BCUT2D eigenvalue weighted by Gasteiger charge is 2.13. The number of nitrogens with one attached hydrogen (secondary N) is 1. The van der Waals surface area contributed by atoms with E-state index in [0.29, 0.717) is 12.4 Å². The summed E-state index contributed by atoms with van der Waals surface area (Å²) >= 11 is 5.02. The second-order valence-corrected chi connectivity index (χ2v) is 5.01. The average Bonchev–Trinajstić information content (AvgIpc) is 2.88. The number of methoxy groups -OCH3 is 1. The maximum atomic E-state index is 5.15. The predicted molar refractivity (Wildman–Crippen MR) is 75.7 cm³/mol. The zero-order valence-electron chi connectivity index (χ0n) is 10.1. The molecule has 0 aliphatic heterocycles. The summed E-state index contributed by atoms with van der Waals surface area (Å²) in [4.78, 5) is 13.2. The van der Waals surface area contributed by atoms with Gasteiger partial charge in [-0.3, -0.25) is 0 Å². The summed E-state index contributed by atoms with van der Waals surface area (Å²) in [7, 11) is 1.64. The van der Waals surface area contributed by atoms with Crippen LogP contribution in [-0.4, -0.2) is 28.6 Å². The van der Waals surface area contributed by atoms with E-state index in [1.54, 1.807) is 12.6 Å². The minimum Gasteiger partial charge on any atom is -0.378 e. The number of hydrogen-bond donors (Lipinski definition) is 1. The molecule has 96 valence electrons. The molecule has 1 N–H and O–H groups in total. The fourth-order valence-electron chi connectivity index (χ4n) is 1.45. The van der Waals surface area contributed by atoms with Crippen LogP contribution in [0.4, 0.5) is 5.82 Å². The topological polar surface area (TPSA) is 59.9 Å². The number of anilines is 1. The number of ether oxygens (including phenoxy) is 1. The predicted octanol–water partition coefficient (Wildman–Crippen LogP) is 2.94. The molecule has 2 aromatic heterocycles. The van der Waals surface area contributed by atoms with Crippen LogP contribution in [0.25, 0.3) is 11.5 Å². The van der Waals surface area contributed by atoms with E-state index in [2.05, 4.69) is 36.2 Å². The van der Waals surface area contributed by atoms with Gasteiger partial charge in [0.15, 0.2) is 5.82 Å². The second kappa shape index (κ2) is 6.21. The molecule has 0 unspecified atom stereocenters. The molecule has 0 aliphatic rings. The molecule has 7 heteroatoms. The highest BCUT2D eigenvalue weighted by Crippen LogP contribution is 2.27. The van der Waals surface area contributed by atoms with Crippen molar-refractivity contribution >= 4 is 33.1 Å². The van der Waals surface area contributed by atoms with E-state index in [1.807, 2.05) is 12.3 Å². The van der Waals surface area contributed by atoms with Gasteiger partial charge in [-0.05, 0) is 22.9 Å². The van der Waals surface area contributed by atoms with Gasteiger partial charge in [0.1, 0.15) is 11.5 Å². The number of thiazole rings is 1. The van der Waals surface area contributed by atoms with E-state index in [4.69, 9.17) is 4.74 Å². The summed E-state index contributed by atoms with van der Waals surface area (Å²) in [5.41, 5.74) is 3.36. The third-order valence-corrected chi connectivity index (χ3v) is 3.63. The monoisotopic (exact) mass is 328 g/mol. The number of halogens is 1. The molecule has 0 aliphatic carbocycles. The van der Waals surface area contributed by atoms with Crippen LogP contribution in [0.1, 0.15) is 12.6 Å². The van der Waals surface area contributed by atoms with E-state index < -0.39 is 0 Å². The minimum absolute atomic E-state index is 0.429. The van der Waals surface area contributed by atoms with E-state index in [0.717, 1.165) is 28.2 Å². The van der Waals surface area contributed by atoms with Gasteiger partial charge in [-0.1, -0.05) is 0 Å². The van der Waals surface area contributed by atoms with Crippen LogP contribution in [0.15, 0.2) is 15.4 Å². The molecular weight excluding hydrogens is 316 g/mol. The zero-order chi connectivity index (χ0) is 13.0. The molecule has 0 spiro atoms. The van der Waals surface area contributed by atoms with Crippen LogP contribution < -0.4 is 5.32 Å². The molecular formula is C11H13BrN4OS. The fourth-order valence-corrected chi connectivity index (χ4v) is 2.41. The zero-order valence-corrected chi connectivity index (χ0v) is 12.5. The third-order valence-electron chi connectivity index (χ3n) is 2.21. The quantitative estimate of drug-likeness (QED) is 0.914. The lowest BCUT2D eigenvalue weighted by molar-refractivity contribution is 0.181. The Balaban J connectivity index is 2.47. The van der Waals surface area contributed by atoms with Crippen LogP contribution in [0.2, 0.25) is 0 Å². The summed E-state index contributed by atoms with van der Waals surface area (Å²) < 4.78 is 5.99. The van der Waals surface area contributed by atoms with E-state index in [9.17, 15) is 0 Å². The molecule has 0 bridgehead atoms. The van der Waals surface area contributed by atoms with Gasteiger partial charge in [0, 0.05) is 19.0 Å². The van der Waals surface area contributed by atoms with Crippen LogP contribution in [0.3, 0.4) is 0 Å². The molecule has 0 saturated heterocycles. The van der Waals surface area contributed by atoms with Gasteiger partial charge in [0.25, 0.3) is 0 Å². The summed E-state index contributed by atoms with van der Waals surface area (Å²) in [6, 6.07) is 0. The van der Waals surface area contributed by atoms with E-state index in [-0.39, 0.29) is 0 Å². The number of nitrogens with zero attached hydrogens (tertiary/aromatic N) is 3. The SMILES string of the molecule is CCNc1nc(-c2cscn2)nc(COC)c1Br. The number of hydrogen-bond acceptors (Lipinski definition) is 6. The van der Waals surface area contributed by atoms with Crippen LogP contribution in [-0.2, 0) is 11.3 Å². The molecule has 0 fully saturated rings. The molecule has 5 nitrogen and oxygen atoms in total. The minimum atomic E-state index is 0.429. The average molecular weight is 329 g/mol. The van der Waals surface area contributed by atoms with Gasteiger partial charge in [0.05, 0.1) is 22.3 Å². The maximum absolute atomic E-state index is 5.15. The lowest BCUT2D eigenvalue weighted by atomic mass is 10.3. The van der Waals surface area contributed by atoms with Gasteiger partial charge in [-0.15, -0.1) is 11.3 Å². The molecule has 0 radical (unpaired) electrons. The molecule has 2 aromatic rings. The third kappa shape index (κ3) is 2.85. The van der Waals surface area contributed by atoms with Gasteiger partial charge >= 0.3 is 0 Å². The summed E-state index contributed by atoms with van der Waals surface area (Å²) in [5.74, 6) is 1.38. The van der Waals surface area contributed by atoms with Gasteiger partial charge in [0.2, 0.25) is 0 Å². The van der Waals surface area contributed by atoms with Crippen LogP contribution >= 0.6 is 27.3 Å². The molecule has 0 atom stereocenters. The van der Waals surface area contributed by atoms with Crippen molar-refractivity contribution in [1.29, 1.82) is 0 Å². The Hall–Kier alpha value is -1.05. The van der Waals surface area contributed by atoms with Crippen LogP contribution in [0.5, 0.6) is 0 Å². The van der Waals surface area contributed by atoms with Crippen molar-refractivity contribution in [2.24, 2.45) is 0 Å². The normalized spacial score (nSPS) is 10.6. The molecule has 0 aromatic carbocycles. The highest BCUT2D eigenvalue weighted by atomic mass is 79.9. The summed E-state index contributed by atoms with van der Waals surface area (Å²) in [5, 5.41) is 5.13. The second-order valence-electron chi connectivity index (χ2n) is 3.49. The molecule has 0 amide bonds. The Morgan fingerprint density at radius 3 is 2.89 bits per heavy atom. The largest absolute Gasteiger partial charge is 0.378 e. The first-order chi connectivity index (χ1) is 8.76.